The summed E-state index contributed by atoms with van der Waals surface area (Å²) in [7, 11) is 0. The maximum atomic E-state index is 12.5. The van der Waals surface area contributed by atoms with Crippen LogP contribution in [0.3, 0.4) is 0 Å². The Balaban J connectivity index is 2.11. The fourth-order valence-corrected chi connectivity index (χ4v) is 3.13. The van der Waals surface area contributed by atoms with Crippen molar-refractivity contribution in [3.05, 3.63) is 11.3 Å². The molecule has 5 nitrogen and oxygen atoms in total. The standard InChI is InChI=1S/C16H27N3O2/c1-2-8-18-14-7-6-12(20)11-13(14)15(17)16(21)19-9-4-3-5-10-19/h12,17-18,20H,2-11H2,1H3/p+1. The molecule has 1 aliphatic carbocycles. The number of hydrogen-bond donors (Lipinski definition) is 3. The van der Waals surface area contributed by atoms with E-state index in [1.807, 2.05) is 0 Å². The molecule has 1 amide bonds. The molecule has 0 aromatic heterocycles. The van der Waals surface area contributed by atoms with Gasteiger partial charge < -0.3 is 15.3 Å². The zero-order chi connectivity index (χ0) is 15.2. The number of aliphatic hydroxyl groups is 1. The first kappa shape index (κ1) is 16.2. The molecule has 2 aliphatic rings. The van der Waals surface area contributed by atoms with Gasteiger partial charge in [-0.2, -0.15) is 0 Å². The summed E-state index contributed by atoms with van der Waals surface area (Å²) in [6.45, 7) is 4.63. The monoisotopic (exact) mass is 294 g/mol. The molecule has 1 saturated heterocycles. The van der Waals surface area contributed by atoms with E-state index in [4.69, 9.17) is 5.41 Å². The van der Waals surface area contributed by atoms with Crippen LogP contribution in [0.15, 0.2) is 11.3 Å². The number of amides is 1. The first-order chi connectivity index (χ1) is 10.1. The van der Waals surface area contributed by atoms with Crippen LogP contribution >= 0.6 is 0 Å². The van der Waals surface area contributed by atoms with E-state index in [1.54, 1.807) is 4.90 Å². The Hall–Kier alpha value is -1.20. The van der Waals surface area contributed by atoms with Crippen LogP contribution in [0.5, 0.6) is 0 Å². The number of rotatable bonds is 5. The predicted molar refractivity (Wildman–Crippen MR) is 82.1 cm³/mol. The van der Waals surface area contributed by atoms with Gasteiger partial charge in [-0.15, -0.1) is 0 Å². The molecule has 1 fully saturated rings. The van der Waals surface area contributed by atoms with E-state index in [0.29, 0.717) is 6.42 Å². The first-order valence-corrected chi connectivity index (χ1v) is 8.25. The lowest BCUT2D eigenvalue weighted by Gasteiger charge is -2.29. The van der Waals surface area contributed by atoms with Crippen LogP contribution in [0.1, 0.15) is 51.9 Å². The van der Waals surface area contributed by atoms with Crippen LogP contribution in [-0.4, -0.2) is 47.4 Å². The minimum atomic E-state index is -0.409. The van der Waals surface area contributed by atoms with Gasteiger partial charge in [0.05, 0.1) is 12.6 Å². The SMILES string of the molecule is CCC[NH2+]C1=C(C(=N)C(=O)N2CCCCC2)CC(O)CC1. The highest BCUT2D eigenvalue weighted by molar-refractivity contribution is 6.44. The zero-order valence-electron chi connectivity index (χ0n) is 13.0. The third-order valence-electron chi connectivity index (χ3n) is 4.41. The van der Waals surface area contributed by atoms with Gasteiger partial charge in [0.25, 0.3) is 5.91 Å². The number of nitrogens with two attached hydrogens (primary N) is 1. The van der Waals surface area contributed by atoms with Gasteiger partial charge in [0, 0.05) is 31.5 Å². The maximum absolute atomic E-state index is 12.5. The van der Waals surface area contributed by atoms with Gasteiger partial charge in [0.15, 0.2) is 0 Å². The lowest BCUT2D eigenvalue weighted by atomic mass is 9.90. The molecular formula is C16H28N3O2+. The van der Waals surface area contributed by atoms with Crippen molar-refractivity contribution < 1.29 is 15.2 Å². The number of piperidine rings is 1. The van der Waals surface area contributed by atoms with Gasteiger partial charge in [-0.3, -0.25) is 10.2 Å². The zero-order valence-corrected chi connectivity index (χ0v) is 13.0. The van der Waals surface area contributed by atoms with E-state index in [1.165, 1.54) is 6.42 Å². The second-order valence-electron chi connectivity index (χ2n) is 6.12. The third kappa shape index (κ3) is 4.14. The molecule has 0 saturated carbocycles. The first-order valence-electron chi connectivity index (χ1n) is 8.25. The van der Waals surface area contributed by atoms with Gasteiger partial charge in [-0.1, -0.05) is 6.92 Å². The van der Waals surface area contributed by atoms with Crippen molar-refractivity contribution in [3.63, 3.8) is 0 Å². The molecule has 21 heavy (non-hydrogen) atoms. The van der Waals surface area contributed by atoms with Crippen molar-refractivity contribution in [2.75, 3.05) is 19.6 Å². The summed E-state index contributed by atoms with van der Waals surface area (Å²) >= 11 is 0. The Morgan fingerprint density at radius 1 is 1.38 bits per heavy atom. The number of carbonyl (C=O) groups excluding carboxylic acids is 1. The fourth-order valence-electron chi connectivity index (χ4n) is 3.13. The summed E-state index contributed by atoms with van der Waals surface area (Å²) < 4.78 is 0. The summed E-state index contributed by atoms with van der Waals surface area (Å²) in [5.41, 5.74) is 1.99. The van der Waals surface area contributed by atoms with Crippen LogP contribution < -0.4 is 5.32 Å². The Bertz CT molecular complexity index is 425. The molecule has 4 N–H and O–H groups in total. The topological polar surface area (TPSA) is 81.0 Å². The van der Waals surface area contributed by atoms with E-state index >= 15 is 0 Å². The summed E-state index contributed by atoms with van der Waals surface area (Å²) in [4.78, 5) is 14.3. The second kappa shape index (κ2) is 7.71. The van der Waals surface area contributed by atoms with Crippen LogP contribution in [0.4, 0.5) is 0 Å². The van der Waals surface area contributed by atoms with E-state index in [0.717, 1.165) is 63.0 Å². The van der Waals surface area contributed by atoms with Crippen LogP contribution in [0.25, 0.3) is 0 Å². The highest BCUT2D eigenvalue weighted by Gasteiger charge is 2.30. The molecule has 5 heteroatoms. The van der Waals surface area contributed by atoms with Crippen molar-refractivity contribution in [3.8, 4) is 0 Å². The van der Waals surface area contributed by atoms with Crippen LogP contribution in [0, 0.1) is 5.41 Å². The molecular weight excluding hydrogens is 266 g/mol. The molecule has 1 unspecified atom stereocenters. The lowest BCUT2D eigenvalue weighted by Crippen LogP contribution is -2.83. The molecule has 0 aromatic carbocycles. The number of aliphatic hydroxyl groups excluding tert-OH is 1. The van der Waals surface area contributed by atoms with E-state index in [9.17, 15) is 9.90 Å². The number of hydrogen-bond acceptors (Lipinski definition) is 3. The molecule has 0 aromatic rings. The molecule has 1 heterocycles. The third-order valence-corrected chi connectivity index (χ3v) is 4.41. The Kier molecular flexibility index (Phi) is 5.94. The second-order valence-corrected chi connectivity index (χ2v) is 6.12. The average molecular weight is 294 g/mol. The molecule has 0 spiro atoms. The molecule has 1 atom stereocenters. The van der Waals surface area contributed by atoms with Crippen molar-refractivity contribution in [1.29, 1.82) is 5.41 Å². The van der Waals surface area contributed by atoms with Gasteiger partial charge in [-0.05, 0) is 32.1 Å². The van der Waals surface area contributed by atoms with E-state index < -0.39 is 6.10 Å². The Labute approximate surface area is 126 Å². The van der Waals surface area contributed by atoms with Gasteiger partial charge in [0.2, 0.25) is 0 Å². The molecule has 0 bridgehead atoms. The van der Waals surface area contributed by atoms with Crippen LogP contribution in [-0.2, 0) is 4.79 Å². The van der Waals surface area contributed by atoms with Gasteiger partial charge in [-0.25, -0.2) is 0 Å². The predicted octanol–water partition coefficient (Wildman–Crippen LogP) is 0.791. The molecule has 2 rings (SSSR count). The lowest BCUT2D eigenvalue weighted by molar-refractivity contribution is -0.609. The highest BCUT2D eigenvalue weighted by Crippen LogP contribution is 2.23. The van der Waals surface area contributed by atoms with Crippen molar-refractivity contribution in [1.82, 2.24) is 4.90 Å². The summed E-state index contributed by atoms with van der Waals surface area (Å²) in [5, 5.41) is 20.3. The summed E-state index contributed by atoms with van der Waals surface area (Å²) in [5.74, 6) is -0.152. The minimum absolute atomic E-state index is 0.109. The number of nitrogens with zero attached hydrogens (tertiary/aromatic N) is 1. The number of nitrogens with one attached hydrogen (secondary N) is 1. The smallest absolute Gasteiger partial charge is 0.272 e. The maximum Gasteiger partial charge on any atom is 0.272 e. The normalized spacial score (nSPS) is 23.3. The van der Waals surface area contributed by atoms with Crippen molar-refractivity contribution in [2.24, 2.45) is 0 Å². The molecule has 0 radical (unpaired) electrons. The number of likely N-dealkylation sites (tertiary alicyclic amines) is 1. The Morgan fingerprint density at radius 2 is 2.10 bits per heavy atom. The van der Waals surface area contributed by atoms with E-state index in [-0.39, 0.29) is 11.6 Å². The van der Waals surface area contributed by atoms with Crippen molar-refractivity contribution >= 4 is 11.6 Å². The minimum Gasteiger partial charge on any atom is -0.393 e. The van der Waals surface area contributed by atoms with Gasteiger partial charge in [0.1, 0.15) is 11.4 Å². The molecule has 1 aliphatic heterocycles. The summed E-state index contributed by atoms with van der Waals surface area (Å²) in [6, 6.07) is 0. The fraction of sp³-hybridized carbons (Fsp3) is 0.750. The number of carbonyl (C=O) groups is 1. The van der Waals surface area contributed by atoms with Gasteiger partial charge >= 0.3 is 0 Å². The van der Waals surface area contributed by atoms with Crippen LogP contribution in [0.2, 0.25) is 0 Å². The largest absolute Gasteiger partial charge is 0.393 e. The highest BCUT2D eigenvalue weighted by atomic mass is 16.3. The average Bonchev–Trinajstić information content (AvgIpc) is 2.53. The van der Waals surface area contributed by atoms with E-state index in [2.05, 4.69) is 12.2 Å². The molecule has 118 valence electrons. The van der Waals surface area contributed by atoms with Crippen molar-refractivity contribution in [2.45, 2.75) is 58.0 Å². The quantitative estimate of drug-likeness (QED) is 0.655. The number of allylic oxidation sites excluding steroid dienone is 1. The Morgan fingerprint density at radius 3 is 2.76 bits per heavy atom. The summed E-state index contributed by atoms with van der Waals surface area (Å²) in [6.07, 6.45) is 5.88. The number of quaternary nitrogens is 1.